The van der Waals surface area contributed by atoms with E-state index in [9.17, 15) is 4.79 Å². The van der Waals surface area contributed by atoms with Gasteiger partial charge in [0.1, 0.15) is 5.69 Å². The lowest BCUT2D eigenvalue weighted by atomic mass is 10.3. The monoisotopic (exact) mass is 427 g/mol. The van der Waals surface area contributed by atoms with Crippen LogP contribution < -0.4 is 4.57 Å². The smallest absolute Gasteiger partial charge is 0.348 e. The largest absolute Gasteiger partial charge is 0.463 e. The van der Waals surface area contributed by atoms with Gasteiger partial charge in [-0.3, -0.25) is 0 Å². The fourth-order valence-electron chi connectivity index (χ4n) is 3.95. The average molecular weight is 427 g/mol. The minimum atomic E-state index is -0.288. The van der Waals surface area contributed by atoms with Crippen LogP contribution in [0.2, 0.25) is 0 Å². The number of esters is 1. The number of fused-ring (bicyclic) bond motifs is 1. The molecular formula is C25H23N4O3+. The standard InChI is InChI=1S/C25H23N4O3/c1-3-31-24(30)17-28-21-12-8-7-11-20(21)27(2)25(28)23-14-13-22(32-23)19-15-16-29(26-19)18-9-5-4-6-10-18/h4-16H,3,17H2,1-2H3/q+1. The highest BCUT2D eigenvalue weighted by Crippen LogP contribution is 2.29. The number of rotatable bonds is 6. The molecule has 0 amide bonds. The zero-order valence-corrected chi connectivity index (χ0v) is 17.9. The minimum Gasteiger partial charge on any atom is -0.463 e. The van der Waals surface area contributed by atoms with Crippen molar-refractivity contribution in [2.45, 2.75) is 13.5 Å². The topological polar surface area (TPSA) is 66.1 Å². The molecule has 0 unspecified atom stereocenters. The second kappa shape index (κ2) is 8.19. The molecule has 0 spiro atoms. The number of hydrogen-bond donors (Lipinski definition) is 0. The Morgan fingerprint density at radius 1 is 1.00 bits per heavy atom. The molecule has 0 N–H and O–H groups in total. The van der Waals surface area contributed by atoms with Crippen LogP contribution in [0.4, 0.5) is 0 Å². The molecule has 7 heteroatoms. The molecule has 32 heavy (non-hydrogen) atoms. The van der Waals surface area contributed by atoms with Crippen molar-refractivity contribution in [2.24, 2.45) is 7.05 Å². The Morgan fingerprint density at radius 2 is 1.75 bits per heavy atom. The number of aromatic nitrogens is 4. The summed E-state index contributed by atoms with van der Waals surface area (Å²) in [5.41, 5.74) is 3.64. The summed E-state index contributed by atoms with van der Waals surface area (Å²) < 4.78 is 17.2. The number of nitrogens with zero attached hydrogens (tertiary/aromatic N) is 4. The van der Waals surface area contributed by atoms with E-state index in [-0.39, 0.29) is 12.5 Å². The van der Waals surface area contributed by atoms with Gasteiger partial charge in [-0.15, -0.1) is 0 Å². The quantitative estimate of drug-likeness (QED) is 0.302. The Morgan fingerprint density at radius 3 is 2.56 bits per heavy atom. The Kier molecular flexibility index (Phi) is 5.07. The van der Waals surface area contributed by atoms with Crippen LogP contribution in [-0.4, -0.2) is 26.9 Å². The Balaban J connectivity index is 1.55. The maximum atomic E-state index is 12.3. The van der Waals surface area contributed by atoms with Crippen LogP contribution >= 0.6 is 0 Å². The molecule has 0 bridgehead atoms. The van der Waals surface area contributed by atoms with Gasteiger partial charge < -0.3 is 9.15 Å². The van der Waals surface area contributed by atoms with Crippen LogP contribution in [-0.2, 0) is 23.1 Å². The van der Waals surface area contributed by atoms with Crippen molar-refractivity contribution >= 4 is 17.0 Å². The number of furan rings is 1. The van der Waals surface area contributed by atoms with E-state index in [0.29, 0.717) is 18.1 Å². The average Bonchev–Trinajstić information content (AvgIpc) is 3.54. The van der Waals surface area contributed by atoms with Gasteiger partial charge in [-0.05, 0) is 49.4 Å². The van der Waals surface area contributed by atoms with Gasteiger partial charge >= 0.3 is 11.8 Å². The van der Waals surface area contributed by atoms with E-state index in [4.69, 9.17) is 9.15 Å². The fourth-order valence-corrected chi connectivity index (χ4v) is 3.95. The first-order chi connectivity index (χ1) is 15.7. The molecule has 0 aliphatic heterocycles. The van der Waals surface area contributed by atoms with E-state index in [2.05, 4.69) is 5.10 Å². The summed E-state index contributed by atoms with van der Waals surface area (Å²) >= 11 is 0. The summed E-state index contributed by atoms with van der Waals surface area (Å²) in [6.45, 7) is 2.25. The molecule has 3 heterocycles. The summed E-state index contributed by atoms with van der Waals surface area (Å²) in [6.07, 6.45) is 1.91. The molecule has 5 aromatic rings. The van der Waals surface area contributed by atoms with Crippen molar-refractivity contribution in [3.05, 3.63) is 79.0 Å². The predicted octanol–water partition coefficient (Wildman–Crippen LogP) is 4.14. The number of para-hydroxylation sites is 3. The maximum absolute atomic E-state index is 12.3. The third-order valence-electron chi connectivity index (χ3n) is 5.39. The van der Waals surface area contributed by atoms with Gasteiger partial charge in [-0.2, -0.15) is 5.10 Å². The van der Waals surface area contributed by atoms with Gasteiger partial charge in [0, 0.05) is 6.20 Å². The second-order valence-electron chi connectivity index (χ2n) is 7.41. The normalized spacial score (nSPS) is 11.2. The van der Waals surface area contributed by atoms with E-state index in [1.54, 1.807) is 6.92 Å². The molecule has 0 aliphatic carbocycles. The van der Waals surface area contributed by atoms with Crippen molar-refractivity contribution < 1.29 is 18.5 Å². The molecule has 3 aromatic heterocycles. The molecule has 160 valence electrons. The van der Waals surface area contributed by atoms with Crippen LogP contribution in [0.5, 0.6) is 0 Å². The molecule has 0 saturated heterocycles. The van der Waals surface area contributed by atoms with Crippen molar-refractivity contribution in [1.82, 2.24) is 14.3 Å². The Bertz CT molecular complexity index is 1400. The van der Waals surface area contributed by atoms with Gasteiger partial charge in [0.2, 0.25) is 5.76 Å². The van der Waals surface area contributed by atoms with Crippen LogP contribution in [0.25, 0.3) is 39.8 Å². The Labute approximate surface area is 185 Å². The number of benzene rings is 2. The van der Waals surface area contributed by atoms with Gasteiger partial charge in [0.05, 0.1) is 19.3 Å². The number of carbonyl (C=O) groups is 1. The van der Waals surface area contributed by atoms with E-state index in [1.807, 2.05) is 99.9 Å². The van der Waals surface area contributed by atoms with Crippen molar-refractivity contribution in [1.29, 1.82) is 0 Å². The molecule has 7 nitrogen and oxygen atoms in total. The second-order valence-corrected chi connectivity index (χ2v) is 7.41. The van der Waals surface area contributed by atoms with Crippen molar-refractivity contribution in [3.8, 4) is 28.7 Å². The van der Waals surface area contributed by atoms with Crippen LogP contribution in [0.3, 0.4) is 0 Å². The fraction of sp³-hybridized carbons (Fsp3) is 0.160. The summed E-state index contributed by atoms with van der Waals surface area (Å²) in [7, 11) is 1.96. The summed E-state index contributed by atoms with van der Waals surface area (Å²) in [5.74, 6) is 1.80. The number of imidazole rings is 1. The number of aryl methyl sites for hydroxylation is 1. The number of ether oxygens (including phenoxy) is 1. The maximum Gasteiger partial charge on any atom is 0.348 e. The van der Waals surface area contributed by atoms with E-state index >= 15 is 0 Å². The van der Waals surface area contributed by atoms with Crippen LogP contribution in [0, 0.1) is 0 Å². The van der Waals surface area contributed by atoms with Gasteiger partial charge in [0.15, 0.2) is 23.3 Å². The first-order valence-corrected chi connectivity index (χ1v) is 10.5. The third kappa shape index (κ3) is 3.47. The molecule has 2 aromatic carbocycles. The summed E-state index contributed by atoms with van der Waals surface area (Å²) in [5, 5.41) is 4.65. The SMILES string of the molecule is CCOC(=O)Cn1c(-c2ccc(-c3ccn(-c4ccccc4)n3)o2)[n+](C)c2ccccc21. The lowest BCUT2D eigenvalue weighted by Gasteiger charge is -2.02. The van der Waals surface area contributed by atoms with E-state index in [1.165, 1.54) is 0 Å². The van der Waals surface area contributed by atoms with Crippen LogP contribution in [0.15, 0.2) is 83.4 Å². The van der Waals surface area contributed by atoms with Crippen LogP contribution in [0.1, 0.15) is 6.92 Å². The highest BCUT2D eigenvalue weighted by molar-refractivity contribution is 5.79. The highest BCUT2D eigenvalue weighted by Gasteiger charge is 2.29. The lowest BCUT2D eigenvalue weighted by Crippen LogP contribution is -2.30. The predicted molar refractivity (Wildman–Crippen MR) is 120 cm³/mol. The highest BCUT2D eigenvalue weighted by atomic mass is 16.5. The molecule has 0 aliphatic rings. The zero-order valence-electron chi connectivity index (χ0n) is 17.9. The van der Waals surface area contributed by atoms with Crippen molar-refractivity contribution in [2.75, 3.05) is 6.61 Å². The van der Waals surface area contributed by atoms with Gasteiger partial charge in [0.25, 0.3) is 0 Å². The zero-order chi connectivity index (χ0) is 22.1. The molecule has 0 atom stereocenters. The Hall–Kier alpha value is -4.13. The van der Waals surface area contributed by atoms with Gasteiger partial charge in [-0.25, -0.2) is 18.6 Å². The first kappa shape index (κ1) is 19.8. The molecule has 0 saturated carbocycles. The third-order valence-corrected chi connectivity index (χ3v) is 5.39. The summed E-state index contributed by atoms with van der Waals surface area (Å²) in [6, 6.07) is 23.6. The molecule has 0 fully saturated rings. The minimum absolute atomic E-state index is 0.100. The number of carbonyl (C=O) groups excluding carboxylic acids is 1. The van der Waals surface area contributed by atoms with Gasteiger partial charge in [-0.1, -0.05) is 30.3 Å². The lowest BCUT2D eigenvalue weighted by molar-refractivity contribution is -0.634. The molecular weight excluding hydrogens is 404 g/mol. The molecule has 0 radical (unpaired) electrons. The number of hydrogen-bond acceptors (Lipinski definition) is 4. The summed E-state index contributed by atoms with van der Waals surface area (Å²) in [4.78, 5) is 12.3. The van der Waals surface area contributed by atoms with E-state index < -0.39 is 0 Å². The molecule has 5 rings (SSSR count). The van der Waals surface area contributed by atoms with Crippen molar-refractivity contribution in [3.63, 3.8) is 0 Å². The van der Waals surface area contributed by atoms with E-state index in [0.717, 1.165) is 28.2 Å². The first-order valence-electron chi connectivity index (χ1n) is 10.5.